The number of aromatic nitrogens is 4. The molecule has 3 heterocycles. The molecule has 0 unspecified atom stereocenters. The minimum atomic E-state index is 0.792. The van der Waals surface area contributed by atoms with E-state index in [2.05, 4.69) is 79.1 Å². The maximum atomic E-state index is 4.93. The third-order valence-electron chi connectivity index (χ3n) is 6.34. The van der Waals surface area contributed by atoms with Gasteiger partial charge in [-0.25, -0.2) is 14.6 Å². The van der Waals surface area contributed by atoms with Gasteiger partial charge in [-0.05, 0) is 62.2 Å². The molecule has 0 aliphatic rings. The van der Waals surface area contributed by atoms with Crippen LogP contribution in [0.4, 0.5) is 11.5 Å². The smallest absolute Gasteiger partial charge is 0.165 e. The summed E-state index contributed by atoms with van der Waals surface area (Å²) in [6, 6.07) is 28.9. The number of pyridine rings is 1. The fourth-order valence-corrected chi connectivity index (χ4v) is 5.45. The summed E-state index contributed by atoms with van der Waals surface area (Å²) in [4.78, 5) is 9.82. The molecule has 0 saturated heterocycles. The quantitative estimate of drug-likeness (QED) is 0.269. The SMILES string of the molecule is Cc1ccccc1-c1nc(-c2ccc(Nc3cc(C)c4c(C)nn(-c5ccccc5)c4n3)cc2)cs1. The Hall–Kier alpha value is -4.29. The van der Waals surface area contributed by atoms with E-state index < -0.39 is 0 Å². The number of rotatable bonds is 5. The highest BCUT2D eigenvalue weighted by Crippen LogP contribution is 2.32. The van der Waals surface area contributed by atoms with Crippen molar-refractivity contribution in [3.05, 3.63) is 107 Å². The molecule has 5 nitrogen and oxygen atoms in total. The van der Waals surface area contributed by atoms with E-state index in [1.54, 1.807) is 11.3 Å². The van der Waals surface area contributed by atoms with Gasteiger partial charge in [0.1, 0.15) is 10.8 Å². The minimum Gasteiger partial charge on any atom is -0.340 e. The first kappa shape index (κ1) is 22.2. The molecule has 0 bridgehead atoms. The van der Waals surface area contributed by atoms with Gasteiger partial charge >= 0.3 is 0 Å². The first-order valence-electron chi connectivity index (χ1n) is 11.9. The largest absolute Gasteiger partial charge is 0.340 e. The lowest BCUT2D eigenvalue weighted by Gasteiger charge is -2.09. The van der Waals surface area contributed by atoms with Gasteiger partial charge in [-0.2, -0.15) is 5.10 Å². The molecule has 6 aromatic rings. The van der Waals surface area contributed by atoms with Gasteiger partial charge in [-0.15, -0.1) is 11.3 Å². The Balaban J connectivity index is 1.28. The summed E-state index contributed by atoms with van der Waals surface area (Å²) >= 11 is 1.68. The van der Waals surface area contributed by atoms with Crippen LogP contribution in [0, 0.1) is 20.8 Å². The van der Waals surface area contributed by atoms with E-state index in [1.807, 2.05) is 41.9 Å². The Kier molecular flexibility index (Phi) is 5.58. The number of benzene rings is 3. The Bertz CT molecular complexity index is 1680. The molecule has 0 spiro atoms. The fraction of sp³-hybridized carbons (Fsp3) is 0.100. The molecule has 176 valence electrons. The second-order valence-electron chi connectivity index (χ2n) is 8.91. The van der Waals surface area contributed by atoms with Crippen LogP contribution in [0.1, 0.15) is 16.8 Å². The summed E-state index contributed by atoms with van der Waals surface area (Å²) < 4.78 is 1.92. The molecule has 6 heteroatoms. The standard InChI is InChI=1S/C30H25N5S/c1-19-9-7-8-12-25(19)30-32-26(18-36-30)22-13-15-23(16-14-22)31-27-17-20(2)28-21(3)34-35(29(28)33-27)24-10-5-4-6-11-24/h4-18H,1-3H3,(H,31,33). The van der Waals surface area contributed by atoms with Crippen molar-refractivity contribution in [2.45, 2.75) is 20.8 Å². The van der Waals surface area contributed by atoms with Crippen LogP contribution in [0.3, 0.4) is 0 Å². The highest BCUT2D eigenvalue weighted by molar-refractivity contribution is 7.13. The number of nitrogens with zero attached hydrogens (tertiary/aromatic N) is 4. The van der Waals surface area contributed by atoms with Crippen LogP contribution in [0.25, 0.3) is 38.5 Å². The van der Waals surface area contributed by atoms with Gasteiger partial charge in [0, 0.05) is 27.6 Å². The van der Waals surface area contributed by atoms with Gasteiger partial charge in [0.25, 0.3) is 0 Å². The maximum Gasteiger partial charge on any atom is 0.165 e. The number of anilines is 2. The Morgan fingerprint density at radius 2 is 1.53 bits per heavy atom. The molecule has 0 radical (unpaired) electrons. The van der Waals surface area contributed by atoms with Crippen molar-refractivity contribution >= 4 is 33.9 Å². The fourth-order valence-electron chi connectivity index (χ4n) is 4.53. The molecule has 0 atom stereocenters. The lowest BCUT2D eigenvalue weighted by atomic mass is 10.1. The van der Waals surface area contributed by atoms with E-state index in [4.69, 9.17) is 15.1 Å². The van der Waals surface area contributed by atoms with E-state index in [0.29, 0.717) is 0 Å². The van der Waals surface area contributed by atoms with E-state index in [-0.39, 0.29) is 0 Å². The third kappa shape index (κ3) is 4.06. The Morgan fingerprint density at radius 3 is 2.31 bits per heavy atom. The molecule has 1 N–H and O–H groups in total. The van der Waals surface area contributed by atoms with E-state index >= 15 is 0 Å². The van der Waals surface area contributed by atoms with Crippen molar-refractivity contribution in [1.82, 2.24) is 19.7 Å². The molecule has 0 saturated carbocycles. The number of fused-ring (bicyclic) bond motifs is 1. The number of thiazole rings is 1. The molecule has 6 rings (SSSR count). The van der Waals surface area contributed by atoms with Crippen LogP contribution >= 0.6 is 11.3 Å². The zero-order chi connectivity index (χ0) is 24.6. The van der Waals surface area contributed by atoms with Crippen LogP contribution in [0.5, 0.6) is 0 Å². The molecular formula is C30H25N5S. The predicted octanol–water partition coefficient (Wildman–Crippen LogP) is 7.88. The average molecular weight is 488 g/mol. The van der Waals surface area contributed by atoms with Crippen molar-refractivity contribution in [3.63, 3.8) is 0 Å². The summed E-state index contributed by atoms with van der Waals surface area (Å²) in [5.41, 5.74) is 9.45. The normalized spacial score (nSPS) is 11.2. The lowest BCUT2D eigenvalue weighted by molar-refractivity contribution is 0.878. The second-order valence-corrected chi connectivity index (χ2v) is 9.77. The molecule has 0 aliphatic heterocycles. The van der Waals surface area contributed by atoms with Crippen LogP contribution in [0.15, 0.2) is 90.3 Å². The molecule has 3 aromatic carbocycles. The van der Waals surface area contributed by atoms with Gasteiger partial charge < -0.3 is 5.32 Å². The number of aryl methyl sites for hydroxylation is 3. The highest BCUT2D eigenvalue weighted by atomic mass is 32.1. The molecule has 0 amide bonds. The van der Waals surface area contributed by atoms with Gasteiger partial charge in [0.05, 0.1) is 17.1 Å². The second kappa shape index (κ2) is 9.06. The summed E-state index contributed by atoms with van der Waals surface area (Å²) in [5.74, 6) is 0.792. The van der Waals surface area contributed by atoms with Crippen LogP contribution < -0.4 is 5.32 Å². The van der Waals surface area contributed by atoms with Crippen molar-refractivity contribution in [1.29, 1.82) is 0 Å². The average Bonchev–Trinajstić information content (AvgIpc) is 3.51. The first-order valence-corrected chi connectivity index (χ1v) is 12.8. The number of hydrogen-bond acceptors (Lipinski definition) is 5. The molecule has 0 fully saturated rings. The third-order valence-corrected chi connectivity index (χ3v) is 7.22. The predicted molar refractivity (Wildman–Crippen MR) is 149 cm³/mol. The van der Waals surface area contributed by atoms with Gasteiger partial charge in [0.15, 0.2) is 5.65 Å². The lowest BCUT2D eigenvalue weighted by Crippen LogP contribution is -2.00. The van der Waals surface area contributed by atoms with Crippen LogP contribution in [-0.4, -0.2) is 19.7 Å². The van der Waals surface area contributed by atoms with Crippen molar-refractivity contribution in [2.75, 3.05) is 5.32 Å². The number of para-hydroxylation sites is 1. The molecule has 3 aromatic heterocycles. The van der Waals surface area contributed by atoms with E-state index in [0.717, 1.165) is 55.7 Å². The van der Waals surface area contributed by atoms with Gasteiger partial charge in [-0.3, -0.25) is 0 Å². The topological polar surface area (TPSA) is 55.6 Å². The van der Waals surface area contributed by atoms with Gasteiger partial charge in [0.2, 0.25) is 0 Å². The molecular weight excluding hydrogens is 462 g/mol. The molecule has 0 aliphatic carbocycles. The number of hydrogen-bond donors (Lipinski definition) is 1. The summed E-state index contributed by atoms with van der Waals surface area (Å²) in [5, 5.41) is 12.5. The highest BCUT2D eigenvalue weighted by Gasteiger charge is 2.15. The van der Waals surface area contributed by atoms with Crippen molar-refractivity contribution in [2.24, 2.45) is 0 Å². The minimum absolute atomic E-state index is 0.792. The Labute approximate surface area is 214 Å². The summed E-state index contributed by atoms with van der Waals surface area (Å²) in [6.45, 7) is 6.26. The van der Waals surface area contributed by atoms with E-state index in [1.165, 1.54) is 11.1 Å². The Morgan fingerprint density at radius 1 is 0.778 bits per heavy atom. The summed E-state index contributed by atoms with van der Waals surface area (Å²) in [7, 11) is 0. The number of nitrogens with one attached hydrogen (secondary N) is 1. The van der Waals surface area contributed by atoms with Crippen molar-refractivity contribution in [3.8, 4) is 27.5 Å². The van der Waals surface area contributed by atoms with Crippen LogP contribution in [-0.2, 0) is 0 Å². The molecule has 36 heavy (non-hydrogen) atoms. The zero-order valence-corrected chi connectivity index (χ0v) is 21.2. The first-order chi connectivity index (χ1) is 17.6. The van der Waals surface area contributed by atoms with Crippen LogP contribution in [0.2, 0.25) is 0 Å². The monoisotopic (exact) mass is 487 g/mol. The van der Waals surface area contributed by atoms with Gasteiger partial charge in [-0.1, -0.05) is 54.6 Å². The summed E-state index contributed by atoms with van der Waals surface area (Å²) in [6.07, 6.45) is 0. The zero-order valence-electron chi connectivity index (χ0n) is 20.4. The maximum absolute atomic E-state index is 4.93. The van der Waals surface area contributed by atoms with E-state index in [9.17, 15) is 0 Å². The van der Waals surface area contributed by atoms with Crippen molar-refractivity contribution < 1.29 is 0 Å².